The minimum Gasteiger partial charge on any atom is -0.379 e. The molecular weight excluding hydrogens is 528 g/mol. The Morgan fingerprint density at radius 2 is 1.39 bits per heavy atom. The van der Waals surface area contributed by atoms with Gasteiger partial charge in [-0.2, -0.15) is 8.61 Å². The molecule has 0 saturated carbocycles. The van der Waals surface area contributed by atoms with E-state index < -0.39 is 20.0 Å². The zero-order valence-electron chi connectivity index (χ0n) is 22.4. The number of benzene rings is 2. The van der Waals surface area contributed by atoms with Gasteiger partial charge in [-0.15, -0.1) is 0 Å². The first kappa shape index (κ1) is 28.7. The monoisotopic (exact) mass is 564 g/mol. The fourth-order valence-corrected chi connectivity index (χ4v) is 8.35. The first-order valence-electron chi connectivity index (χ1n) is 12.7. The number of carbonyl (C=O) groups is 1. The van der Waals surface area contributed by atoms with E-state index >= 15 is 0 Å². The van der Waals surface area contributed by atoms with Crippen molar-refractivity contribution in [1.82, 2.24) is 13.5 Å². The van der Waals surface area contributed by atoms with Crippen LogP contribution in [0.5, 0.6) is 0 Å². The molecule has 10 nitrogen and oxygen atoms in total. The van der Waals surface area contributed by atoms with Gasteiger partial charge in [0.2, 0.25) is 26.0 Å². The molecule has 2 heterocycles. The maximum Gasteiger partial charge on any atom is 0.243 e. The van der Waals surface area contributed by atoms with Crippen molar-refractivity contribution in [3.05, 3.63) is 52.6 Å². The third-order valence-corrected chi connectivity index (χ3v) is 11.4. The number of amides is 1. The van der Waals surface area contributed by atoms with Crippen LogP contribution in [0.4, 0.5) is 5.69 Å². The Balaban J connectivity index is 1.37. The molecule has 1 amide bonds. The predicted molar refractivity (Wildman–Crippen MR) is 145 cm³/mol. The topological polar surface area (TPSA) is 116 Å². The molecule has 0 aromatic heterocycles. The van der Waals surface area contributed by atoms with Crippen LogP contribution in [-0.4, -0.2) is 95.3 Å². The Hall–Kier alpha value is -2.35. The largest absolute Gasteiger partial charge is 0.379 e. The second kappa shape index (κ2) is 11.4. The minimum atomic E-state index is -3.67. The summed E-state index contributed by atoms with van der Waals surface area (Å²) >= 11 is 0. The van der Waals surface area contributed by atoms with Crippen molar-refractivity contribution < 1.29 is 26.4 Å². The van der Waals surface area contributed by atoms with E-state index in [0.29, 0.717) is 50.0 Å². The highest BCUT2D eigenvalue weighted by Gasteiger charge is 2.32. The standard InChI is InChI=1S/C26H36N4O6S2/c1-19-16-20(2)22(4)26(21(19)3)38(34,35)29-10-8-28(9-11-29)18-25(31)27-23-6-5-7-24(17-23)37(32,33)30-12-14-36-15-13-30/h5-7,16-17H,8-15,18H2,1-4H3,(H,27,31). The normalized spacial score (nSPS) is 18.4. The minimum absolute atomic E-state index is 0.0793. The lowest BCUT2D eigenvalue weighted by Gasteiger charge is -2.34. The van der Waals surface area contributed by atoms with Gasteiger partial charge in [-0.25, -0.2) is 16.8 Å². The lowest BCUT2D eigenvalue weighted by Crippen LogP contribution is -2.50. The van der Waals surface area contributed by atoms with Crippen LogP contribution in [0.15, 0.2) is 40.1 Å². The zero-order valence-corrected chi connectivity index (χ0v) is 24.0. The summed E-state index contributed by atoms with van der Waals surface area (Å²) in [6.07, 6.45) is 0. The molecule has 2 saturated heterocycles. The van der Waals surface area contributed by atoms with Crippen molar-refractivity contribution in [2.45, 2.75) is 37.5 Å². The van der Waals surface area contributed by atoms with Crippen molar-refractivity contribution in [2.24, 2.45) is 0 Å². The Morgan fingerprint density at radius 1 is 0.816 bits per heavy atom. The molecule has 0 spiro atoms. The molecule has 0 unspecified atom stereocenters. The van der Waals surface area contributed by atoms with Gasteiger partial charge in [-0.05, 0) is 68.1 Å². The molecule has 12 heteroatoms. The fourth-order valence-electron chi connectivity index (χ4n) is 4.90. The Labute approximate surface area is 225 Å². The molecular formula is C26H36N4O6S2. The highest BCUT2D eigenvalue weighted by Crippen LogP contribution is 2.29. The molecule has 2 aromatic rings. The lowest BCUT2D eigenvalue weighted by molar-refractivity contribution is -0.117. The van der Waals surface area contributed by atoms with Crippen LogP contribution in [0.2, 0.25) is 0 Å². The van der Waals surface area contributed by atoms with Crippen LogP contribution < -0.4 is 5.32 Å². The van der Waals surface area contributed by atoms with E-state index in [4.69, 9.17) is 4.74 Å². The van der Waals surface area contributed by atoms with Crippen molar-refractivity contribution >= 4 is 31.6 Å². The number of rotatable bonds is 7. The number of piperazine rings is 1. The SMILES string of the molecule is Cc1cc(C)c(C)c(S(=O)(=O)N2CCN(CC(=O)Nc3cccc(S(=O)(=O)N4CCOCC4)c3)CC2)c1C. The van der Waals surface area contributed by atoms with Gasteiger partial charge in [-0.3, -0.25) is 9.69 Å². The van der Waals surface area contributed by atoms with Gasteiger partial charge in [0.25, 0.3) is 0 Å². The lowest BCUT2D eigenvalue weighted by atomic mass is 10.0. The zero-order chi connectivity index (χ0) is 27.7. The number of hydrogen-bond acceptors (Lipinski definition) is 7. The molecule has 0 atom stereocenters. The number of sulfonamides is 2. The Morgan fingerprint density at radius 3 is 2.00 bits per heavy atom. The van der Waals surface area contributed by atoms with Gasteiger partial charge in [0.05, 0.1) is 29.5 Å². The number of nitrogens with one attached hydrogen (secondary N) is 1. The molecule has 0 aliphatic carbocycles. The first-order valence-corrected chi connectivity index (χ1v) is 15.6. The number of carbonyl (C=O) groups excluding carboxylic acids is 1. The second-order valence-electron chi connectivity index (χ2n) is 9.86. The van der Waals surface area contributed by atoms with E-state index in [1.807, 2.05) is 38.7 Å². The molecule has 38 heavy (non-hydrogen) atoms. The summed E-state index contributed by atoms with van der Waals surface area (Å²) in [5.74, 6) is -0.289. The average Bonchev–Trinajstić information content (AvgIpc) is 2.88. The summed E-state index contributed by atoms with van der Waals surface area (Å²) in [5, 5.41) is 2.78. The van der Waals surface area contributed by atoms with E-state index in [1.165, 1.54) is 20.7 Å². The predicted octanol–water partition coefficient (Wildman–Crippen LogP) is 1.89. The summed E-state index contributed by atoms with van der Waals surface area (Å²) in [6, 6.07) is 8.23. The van der Waals surface area contributed by atoms with Gasteiger partial charge in [0, 0.05) is 45.0 Å². The van der Waals surface area contributed by atoms with Crippen LogP contribution >= 0.6 is 0 Å². The van der Waals surface area contributed by atoms with E-state index in [-0.39, 0.29) is 30.4 Å². The van der Waals surface area contributed by atoms with Crippen molar-refractivity contribution in [1.29, 1.82) is 0 Å². The van der Waals surface area contributed by atoms with E-state index in [2.05, 4.69) is 5.32 Å². The quantitative estimate of drug-likeness (QED) is 0.546. The van der Waals surface area contributed by atoms with Crippen molar-refractivity contribution in [3.63, 3.8) is 0 Å². The summed E-state index contributed by atoms with van der Waals surface area (Å²) in [6.45, 7) is 10.3. The van der Waals surface area contributed by atoms with Gasteiger partial charge in [-0.1, -0.05) is 12.1 Å². The second-order valence-corrected chi connectivity index (χ2v) is 13.7. The average molecular weight is 565 g/mol. The van der Waals surface area contributed by atoms with Crippen LogP contribution in [0.3, 0.4) is 0 Å². The number of hydrogen-bond donors (Lipinski definition) is 1. The van der Waals surface area contributed by atoms with Gasteiger partial charge >= 0.3 is 0 Å². The summed E-state index contributed by atoms with van der Waals surface area (Å²) in [5.41, 5.74) is 3.83. The number of aryl methyl sites for hydroxylation is 2. The smallest absolute Gasteiger partial charge is 0.243 e. The molecule has 2 fully saturated rings. The van der Waals surface area contributed by atoms with Gasteiger partial charge < -0.3 is 10.1 Å². The summed E-state index contributed by atoms with van der Waals surface area (Å²) in [7, 11) is -7.33. The van der Waals surface area contributed by atoms with Crippen LogP contribution in [0.25, 0.3) is 0 Å². The summed E-state index contributed by atoms with van der Waals surface area (Å²) in [4.78, 5) is 15.1. The number of nitrogens with zero attached hydrogens (tertiary/aromatic N) is 3. The highest BCUT2D eigenvalue weighted by molar-refractivity contribution is 7.89. The first-order chi connectivity index (χ1) is 17.9. The van der Waals surface area contributed by atoms with Crippen LogP contribution in [-0.2, 0) is 29.6 Å². The fraction of sp³-hybridized carbons (Fsp3) is 0.500. The Bertz CT molecular complexity index is 1390. The number of morpholine rings is 1. The molecule has 2 aromatic carbocycles. The van der Waals surface area contributed by atoms with E-state index in [1.54, 1.807) is 12.1 Å². The summed E-state index contributed by atoms with van der Waals surface area (Å²) < 4.78 is 61.0. The van der Waals surface area contributed by atoms with Gasteiger partial charge in [0.15, 0.2) is 0 Å². The molecule has 2 aliphatic heterocycles. The number of ether oxygens (including phenoxy) is 1. The molecule has 0 bridgehead atoms. The maximum atomic E-state index is 13.5. The van der Waals surface area contributed by atoms with Crippen LogP contribution in [0.1, 0.15) is 22.3 Å². The molecule has 208 valence electrons. The molecule has 2 aliphatic rings. The number of anilines is 1. The Kier molecular flexibility index (Phi) is 8.60. The molecule has 0 radical (unpaired) electrons. The van der Waals surface area contributed by atoms with Gasteiger partial charge in [0.1, 0.15) is 0 Å². The third-order valence-electron chi connectivity index (χ3n) is 7.32. The van der Waals surface area contributed by atoms with Crippen molar-refractivity contribution in [2.75, 3.05) is 64.3 Å². The molecule has 4 rings (SSSR count). The van der Waals surface area contributed by atoms with Crippen LogP contribution in [0, 0.1) is 27.7 Å². The maximum absolute atomic E-state index is 13.5. The third kappa shape index (κ3) is 5.95. The molecule has 1 N–H and O–H groups in total. The van der Waals surface area contributed by atoms with Crippen molar-refractivity contribution in [3.8, 4) is 0 Å². The van der Waals surface area contributed by atoms with E-state index in [0.717, 1.165) is 22.3 Å². The van der Waals surface area contributed by atoms with E-state index in [9.17, 15) is 21.6 Å². The highest BCUT2D eigenvalue weighted by atomic mass is 32.2.